The molecular weight excluding hydrogens is 316 g/mol. The molecule has 1 N–H and O–H groups in total. The van der Waals surface area contributed by atoms with Crippen LogP contribution in [0.2, 0.25) is 0 Å². The molecule has 0 saturated carbocycles. The van der Waals surface area contributed by atoms with E-state index in [1.807, 2.05) is 6.20 Å². The van der Waals surface area contributed by atoms with Crippen LogP contribution < -0.4 is 15.0 Å². The average Bonchev–Trinajstić information content (AvgIpc) is 3.15. The zero-order valence-electron chi connectivity index (χ0n) is 14.6. The molecule has 0 radical (unpaired) electrons. The van der Waals surface area contributed by atoms with Crippen LogP contribution in [0.25, 0.3) is 0 Å². The molecule has 2 aromatic heterocycles. The number of nitrogens with one attached hydrogen (secondary N) is 1. The Kier molecular flexibility index (Phi) is 4.65. The van der Waals surface area contributed by atoms with E-state index in [1.54, 1.807) is 19.5 Å². The Bertz CT molecular complexity index is 707. The average molecular weight is 340 g/mol. The van der Waals surface area contributed by atoms with Crippen molar-refractivity contribution in [3.8, 4) is 5.88 Å². The van der Waals surface area contributed by atoms with E-state index in [4.69, 9.17) is 4.74 Å². The normalized spacial score (nSPS) is 20.4. The van der Waals surface area contributed by atoms with E-state index in [0.29, 0.717) is 24.3 Å². The summed E-state index contributed by atoms with van der Waals surface area (Å²) in [5, 5.41) is 3.25. The van der Waals surface area contributed by atoms with Crippen molar-refractivity contribution in [2.45, 2.75) is 25.4 Å². The predicted octanol–water partition coefficient (Wildman–Crippen LogP) is 1.78. The van der Waals surface area contributed by atoms with Crippen molar-refractivity contribution in [1.29, 1.82) is 0 Å². The van der Waals surface area contributed by atoms with Crippen molar-refractivity contribution in [3.63, 3.8) is 0 Å². The number of hydrogen-bond donors (Lipinski definition) is 1. The monoisotopic (exact) mass is 340 g/mol. The molecule has 2 fully saturated rings. The lowest BCUT2D eigenvalue weighted by Crippen LogP contribution is -2.50. The van der Waals surface area contributed by atoms with Gasteiger partial charge in [0.15, 0.2) is 0 Å². The highest BCUT2D eigenvalue weighted by atomic mass is 16.5. The minimum atomic E-state index is 0.504. The molecule has 2 aromatic rings. The fourth-order valence-corrected chi connectivity index (χ4v) is 3.63. The Hall–Kier alpha value is -2.41. The van der Waals surface area contributed by atoms with Crippen LogP contribution in [0.1, 0.15) is 18.4 Å². The van der Waals surface area contributed by atoms with Crippen molar-refractivity contribution in [1.82, 2.24) is 19.9 Å². The van der Waals surface area contributed by atoms with Gasteiger partial charge in [-0.2, -0.15) is 4.98 Å². The molecule has 4 rings (SSSR count). The topological polar surface area (TPSA) is 66.4 Å². The summed E-state index contributed by atoms with van der Waals surface area (Å²) in [5.41, 5.74) is 1.12. The quantitative estimate of drug-likeness (QED) is 0.890. The zero-order chi connectivity index (χ0) is 17.1. The third kappa shape index (κ3) is 3.66. The summed E-state index contributed by atoms with van der Waals surface area (Å²) < 4.78 is 5.08. The van der Waals surface area contributed by atoms with Gasteiger partial charge in [-0.15, -0.1) is 0 Å². The number of hydrogen-bond acceptors (Lipinski definition) is 7. The first-order valence-corrected chi connectivity index (χ1v) is 8.85. The number of anilines is 2. The molecule has 0 bridgehead atoms. The fourth-order valence-electron chi connectivity index (χ4n) is 3.63. The second-order valence-electron chi connectivity index (χ2n) is 6.60. The van der Waals surface area contributed by atoms with Crippen LogP contribution in [0.5, 0.6) is 5.88 Å². The number of nitrogens with zero attached hydrogens (tertiary/aromatic N) is 5. The summed E-state index contributed by atoms with van der Waals surface area (Å²) in [7, 11) is 1.59. The van der Waals surface area contributed by atoms with E-state index < -0.39 is 0 Å². The van der Waals surface area contributed by atoms with Gasteiger partial charge in [-0.1, -0.05) is 6.07 Å². The van der Waals surface area contributed by atoms with Gasteiger partial charge in [0.05, 0.1) is 19.5 Å². The molecule has 7 heteroatoms. The van der Waals surface area contributed by atoms with Gasteiger partial charge in [-0.3, -0.25) is 9.88 Å². The van der Waals surface area contributed by atoms with Crippen LogP contribution in [-0.2, 0) is 6.54 Å². The maximum Gasteiger partial charge on any atom is 0.233 e. The number of ether oxygens (including phenoxy) is 1. The van der Waals surface area contributed by atoms with Crippen LogP contribution in [-0.4, -0.2) is 59.2 Å². The second-order valence-corrected chi connectivity index (χ2v) is 6.60. The van der Waals surface area contributed by atoms with Gasteiger partial charge >= 0.3 is 0 Å². The third-order valence-electron chi connectivity index (χ3n) is 5.02. The molecular formula is C18H24N6O. The smallest absolute Gasteiger partial charge is 0.233 e. The van der Waals surface area contributed by atoms with E-state index in [9.17, 15) is 0 Å². The van der Waals surface area contributed by atoms with Crippen LogP contribution >= 0.6 is 0 Å². The molecule has 2 aliphatic rings. The van der Waals surface area contributed by atoms with Gasteiger partial charge in [-0.25, -0.2) is 4.98 Å². The number of piperazine rings is 1. The Morgan fingerprint density at radius 1 is 1.20 bits per heavy atom. The lowest BCUT2D eigenvalue weighted by atomic mass is 10.1. The standard InChI is InChI=1S/C18H24N6O/c1-25-18-12-19-11-16(22-18)20-9-14-4-5-17(21-10-14)24-8-7-23-6-2-3-15(23)13-24/h4-5,10-12,15H,2-3,6-9,13H2,1H3,(H,20,22). The number of methoxy groups -OCH3 is 1. The number of fused-ring (bicyclic) bond motifs is 1. The molecule has 132 valence electrons. The van der Waals surface area contributed by atoms with E-state index >= 15 is 0 Å². The van der Waals surface area contributed by atoms with Gasteiger partial charge < -0.3 is 15.0 Å². The molecule has 0 aromatic carbocycles. The summed E-state index contributed by atoms with van der Waals surface area (Å²) in [5.74, 6) is 2.28. The Balaban J connectivity index is 1.35. The number of pyridine rings is 1. The van der Waals surface area contributed by atoms with Crippen LogP contribution in [0, 0.1) is 0 Å². The summed E-state index contributed by atoms with van der Waals surface area (Å²) in [6, 6.07) is 4.96. The highest BCUT2D eigenvalue weighted by molar-refractivity contribution is 5.41. The third-order valence-corrected chi connectivity index (χ3v) is 5.02. The molecule has 1 unspecified atom stereocenters. The number of rotatable bonds is 5. The largest absolute Gasteiger partial charge is 0.480 e. The first kappa shape index (κ1) is 16.1. The molecule has 2 aliphatic heterocycles. The molecule has 4 heterocycles. The van der Waals surface area contributed by atoms with Crippen LogP contribution in [0.15, 0.2) is 30.7 Å². The molecule has 2 saturated heterocycles. The first-order chi connectivity index (χ1) is 12.3. The van der Waals surface area contributed by atoms with Crippen molar-refractivity contribution >= 4 is 11.6 Å². The Morgan fingerprint density at radius 2 is 2.16 bits per heavy atom. The van der Waals surface area contributed by atoms with Gasteiger partial charge in [0, 0.05) is 38.4 Å². The Morgan fingerprint density at radius 3 is 3.00 bits per heavy atom. The lowest BCUT2D eigenvalue weighted by Gasteiger charge is -2.38. The maximum atomic E-state index is 5.08. The SMILES string of the molecule is COc1cncc(NCc2ccc(N3CCN4CCCC4C3)nc2)n1. The maximum absolute atomic E-state index is 5.08. The molecule has 7 nitrogen and oxygen atoms in total. The van der Waals surface area contributed by atoms with E-state index in [2.05, 4.69) is 42.2 Å². The van der Waals surface area contributed by atoms with Gasteiger partial charge in [-0.05, 0) is 31.0 Å². The zero-order valence-corrected chi connectivity index (χ0v) is 14.6. The highest BCUT2D eigenvalue weighted by Crippen LogP contribution is 2.24. The van der Waals surface area contributed by atoms with Crippen LogP contribution in [0.3, 0.4) is 0 Å². The van der Waals surface area contributed by atoms with Gasteiger partial charge in [0.25, 0.3) is 0 Å². The minimum absolute atomic E-state index is 0.504. The summed E-state index contributed by atoms with van der Waals surface area (Å²) >= 11 is 0. The first-order valence-electron chi connectivity index (χ1n) is 8.85. The van der Waals surface area contributed by atoms with Crippen molar-refractivity contribution in [2.75, 3.05) is 43.5 Å². The van der Waals surface area contributed by atoms with Crippen LogP contribution in [0.4, 0.5) is 11.6 Å². The van der Waals surface area contributed by atoms with E-state index in [-0.39, 0.29) is 0 Å². The summed E-state index contributed by atoms with van der Waals surface area (Å²) in [4.78, 5) is 18.1. The van der Waals surface area contributed by atoms with Crippen molar-refractivity contribution < 1.29 is 4.74 Å². The van der Waals surface area contributed by atoms with Gasteiger partial charge in [0.2, 0.25) is 5.88 Å². The molecule has 1 atom stereocenters. The van der Waals surface area contributed by atoms with Crippen molar-refractivity contribution in [2.24, 2.45) is 0 Å². The molecule has 25 heavy (non-hydrogen) atoms. The molecule has 0 spiro atoms. The lowest BCUT2D eigenvalue weighted by molar-refractivity contribution is 0.230. The highest BCUT2D eigenvalue weighted by Gasteiger charge is 2.30. The number of aromatic nitrogens is 3. The summed E-state index contributed by atoms with van der Waals surface area (Å²) in [6.45, 7) is 5.25. The van der Waals surface area contributed by atoms with E-state index in [0.717, 1.165) is 31.0 Å². The molecule has 0 amide bonds. The molecule has 0 aliphatic carbocycles. The Labute approximate surface area is 148 Å². The minimum Gasteiger partial charge on any atom is -0.480 e. The summed E-state index contributed by atoms with van der Waals surface area (Å²) in [6.07, 6.45) is 7.87. The van der Waals surface area contributed by atoms with Gasteiger partial charge in [0.1, 0.15) is 11.6 Å². The predicted molar refractivity (Wildman–Crippen MR) is 97.0 cm³/mol. The second kappa shape index (κ2) is 7.23. The van der Waals surface area contributed by atoms with E-state index in [1.165, 1.54) is 19.4 Å². The fraction of sp³-hybridized carbons (Fsp3) is 0.500. The van der Waals surface area contributed by atoms with Crippen molar-refractivity contribution in [3.05, 3.63) is 36.3 Å².